The molecule has 7 heterocycles. The first-order valence-electron chi connectivity index (χ1n) is 26.6. The summed E-state index contributed by atoms with van der Waals surface area (Å²) in [5.41, 5.74) is 4.95. The number of rotatable bonds is 14. The summed E-state index contributed by atoms with van der Waals surface area (Å²) < 4.78 is 106. The van der Waals surface area contributed by atoms with Crippen LogP contribution in [-0.4, -0.2) is 138 Å². The second-order valence-electron chi connectivity index (χ2n) is 21.0. The predicted molar refractivity (Wildman–Crippen MR) is 289 cm³/mol. The third-order valence-electron chi connectivity index (χ3n) is 15.7. The Labute approximate surface area is 454 Å². The van der Waals surface area contributed by atoms with Crippen molar-refractivity contribution in [2.75, 3.05) is 76.4 Å². The molecule has 0 bridgehead atoms. The molecule has 0 unspecified atom stereocenters. The van der Waals surface area contributed by atoms with E-state index in [1.807, 2.05) is 24.4 Å². The van der Waals surface area contributed by atoms with Gasteiger partial charge < -0.3 is 19.8 Å². The highest BCUT2D eigenvalue weighted by molar-refractivity contribution is 7.92. The third-order valence-corrected chi connectivity index (χ3v) is 16.3. The fourth-order valence-electron chi connectivity index (χ4n) is 11.3. The topological polar surface area (TPSA) is 172 Å². The number of sulfonamides is 1. The number of fused-ring (bicyclic) bond motifs is 2. The highest BCUT2D eigenvalue weighted by Crippen LogP contribution is 2.36. The summed E-state index contributed by atoms with van der Waals surface area (Å²) >= 11 is 0. The first-order valence-corrected chi connectivity index (χ1v) is 28.5. The van der Waals surface area contributed by atoms with E-state index in [0.29, 0.717) is 82.5 Å². The molecule has 0 spiro atoms. The SMILES string of the molecule is CS(=O)(=O)Nc1ccc2[nH]cc(C3CCN(CC(=O)C4CCN(C(=O)/C=C/c5cc(F)c(F)c(F)c5)CC4)CC3)c2c1.O=C(CN1CCC(c2c[nH]c3ncccc23)CC1)C1CCN(C(=O)/C=C/c2cc(F)c(F)c(F)c2)CC1. The lowest BCUT2D eigenvalue weighted by molar-refractivity contribution is -0.131. The maximum atomic E-state index is 13.4. The predicted octanol–water partition coefficient (Wildman–Crippen LogP) is 9.34. The van der Waals surface area contributed by atoms with Gasteiger partial charge in [-0.15, -0.1) is 0 Å². The molecule has 4 saturated heterocycles. The van der Waals surface area contributed by atoms with Gasteiger partial charge in [0, 0.05) is 90.7 Å². The summed E-state index contributed by atoms with van der Waals surface area (Å²) in [6.45, 7) is 5.80. The first-order chi connectivity index (χ1) is 37.8. The van der Waals surface area contributed by atoms with Crippen LogP contribution in [0.3, 0.4) is 0 Å². The summed E-state index contributed by atoms with van der Waals surface area (Å²) in [7, 11) is -3.37. The van der Waals surface area contributed by atoms with Crippen LogP contribution in [0.15, 0.2) is 85.3 Å². The van der Waals surface area contributed by atoms with Gasteiger partial charge in [-0.05, 0) is 178 Å². The number of halogens is 6. The van der Waals surface area contributed by atoms with Crippen molar-refractivity contribution in [1.29, 1.82) is 0 Å². The normalized spacial score (nSPS) is 18.0. The standard InChI is InChI=1S/C30H33F3N4O4S.C28H29F3N4O2/c1-42(40,41)35-22-3-4-27-23(16-22)24(17-34-27)20-6-10-36(11-7-20)18-28(38)21-8-12-37(13-9-21)29(39)5-2-19-14-25(31)30(33)26(32)15-19;29-23-14-18(15-24(30)27(23)31)3-4-26(37)35-12-7-20(8-13-35)25(36)17-34-10-5-19(6-11-34)22-16-33-28-21(22)2-1-9-32-28/h2-5,14-17,20-21,34-35H,6-13,18H2,1H3;1-4,9,14-16,19-20H,5-8,10-13,17H2,(H,32,33)/b5-2+;4-3+. The fourth-order valence-corrected chi connectivity index (χ4v) is 11.9. The van der Waals surface area contributed by atoms with Crippen molar-refractivity contribution >= 4 is 73.2 Å². The molecule has 2 amide bonds. The Kier molecular flexibility index (Phi) is 17.9. The van der Waals surface area contributed by atoms with Gasteiger partial charge in [0.05, 0.1) is 19.3 Å². The van der Waals surface area contributed by atoms with E-state index in [4.69, 9.17) is 0 Å². The average molecular weight is 1110 g/mol. The number of piperidine rings is 4. The van der Waals surface area contributed by atoms with Gasteiger partial charge in [-0.2, -0.15) is 0 Å². The van der Waals surface area contributed by atoms with E-state index in [-0.39, 0.29) is 46.3 Å². The van der Waals surface area contributed by atoms with Crippen LogP contribution in [0.4, 0.5) is 32.0 Å². The molecule has 0 aliphatic carbocycles. The fraction of sp³-hybridized carbons (Fsp3) is 0.397. The largest absolute Gasteiger partial charge is 0.361 e. The maximum absolute atomic E-state index is 13.4. The van der Waals surface area contributed by atoms with Gasteiger partial charge in [-0.3, -0.25) is 33.7 Å². The van der Waals surface area contributed by atoms with Crippen molar-refractivity contribution in [1.82, 2.24) is 34.6 Å². The highest BCUT2D eigenvalue weighted by atomic mass is 32.2. The van der Waals surface area contributed by atoms with Crippen LogP contribution in [0, 0.1) is 46.7 Å². The van der Waals surface area contributed by atoms with Crippen LogP contribution in [0.25, 0.3) is 34.1 Å². The number of Topliss-reactive ketones (excluding diaryl/α,β-unsaturated/α-hetero) is 2. The van der Waals surface area contributed by atoms with Crippen molar-refractivity contribution in [3.8, 4) is 0 Å². The monoisotopic (exact) mass is 1110 g/mol. The number of ketones is 2. The van der Waals surface area contributed by atoms with Crippen LogP contribution in [0.2, 0.25) is 0 Å². The molecule has 0 radical (unpaired) electrons. The first kappa shape index (κ1) is 56.6. The molecule has 3 N–H and O–H groups in total. The molecule has 21 heteroatoms. The number of H-pyrrole nitrogens is 2. The van der Waals surface area contributed by atoms with Gasteiger partial charge in [-0.1, -0.05) is 0 Å². The van der Waals surface area contributed by atoms with Gasteiger partial charge in [0.1, 0.15) is 17.2 Å². The van der Waals surface area contributed by atoms with Crippen LogP contribution in [0.5, 0.6) is 0 Å². The number of benzene rings is 3. The molecule has 3 aromatic carbocycles. The molecular weight excluding hydrogens is 1050 g/mol. The number of hydrogen-bond acceptors (Lipinski definition) is 9. The number of aromatic nitrogens is 3. The average Bonchev–Trinajstić information content (AvgIpc) is 4.19. The number of hydrogen-bond donors (Lipinski definition) is 3. The second-order valence-corrected chi connectivity index (χ2v) is 22.8. The minimum absolute atomic E-state index is 0.0481. The second kappa shape index (κ2) is 24.9. The Morgan fingerprint density at radius 3 is 1.49 bits per heavy atom. The molecule has 4 aliphatic rings. The lowest BCUT2D eigenvalue weighted by Crippen LogP contribution is -2.43. The van der Waals surface area contributed by atoms with Crippen LogP contribution in [-0.2, 0) is 29.2 Å². The van der Waals surface area contributed by atoms with Gasteiger partial charge in [0.15, 0.2) is 34.9 Å². The van der Waals surface area contributed by atoms with E-state index < -0.39 is 44.9 Å². The number of likely N-dealkylation sites (tertiary alicyclic amines) is 4. The molecule has 4 fully saturated rings. The Hall–Kier alpha value is -7.10. The smallest absolute Gasteiger partial charge is 0.246 e. The number of carbonyl (C=O) groups is 4. The van der Waals surface area contributed by atoms with E-state index in [0.717, 1.165) is 104 Å². The molecule has 14 nitrogen and oxygen atoms in total. The van der Waals surface area contributed by atoms with E-state index >= 15 is 0 Å². The zero-order valence-corrected chi connectivity index (χ0v) is 44.5. The number of anilines is 1. The highest BCUT2D eigenvalue weighted by Gasteiger charge is 2.32. The summed E-state index contributed by atoms with van der Waals surface area (Å²) in [5.74, 6) is -8.04. The van der Waals surface area contributed by atoms with Crippen molar-refractivity contribution in [2.24, 2.45) is 11.8 Å². The number of amides is 2. The van der Waals surface area contributed by atoms with Crippen molar-refractivity contribution in [2.45, 2.75) is 63.2 Å². The Morgan fingerprint density at radius 1 is 0.595 bits per heavy atom. The molecule has 3 aromatic heterocycles. The minimum Gasteiger partial charge on any atom is -0.361 e. The molecule has 6 aromatic rings. The zero-order valence-electron chi connectivity index (χ0n) is 43.6. The summed E-state index contributed by atoms with van der Waals surface area (Å²) in [6, 6.07) is 12.8. The summed E-state index contributed by atoms with van der Waals surface area (Å²) in [5, 5.41) is 2.16. The van der Waals surface area contributed by atoms with Crippen LogP contribution < -0.4 is 4.72 Å². The number of nitrogens with one attached hydrogen (secondary N) is 3. The Balaban J connectivity index is 0.000000193. The van der Waals surface area contributed by atoms with Crippen LogP contribution in [0.1, 0.15) is 85.5 Å². The molecule has 0 saturated carbocycles. The van der Waals surface area contributed by atoms with Gasteiger partial charge in [0.2, 0.25) is 21.8 Å². The van der Waals surface area contributed by atoms with Crippen molar-refractivity contribution in [3.63, 3.8) is 0 Å². The quantitative estimate of drug-likeness (QED) is 0.0546. The number of pyridine rings is 1. The summed E-state index contributed by atoms with van der Waals surface area (Å²) in [4.78, 5) is 69.6. The van der Waals surface area contributed by atoms with Crippen molar-refractivity contribution in [3.05, 3.63) is 142 Å². The lowest BCUT2D eigenvalue weighted by Gasteiger charge is -2.34. The van der Waals surface area contributed by atoms with Crippen LogP contribution >= 0.6 is 0 Å². The number of nitrogens with zero attached hydrogens (tertiary/aromatic N) is 5. The lowest BCUT2D eigenvalue weighted by atomic mass is 9.88. The molecule has 4 aliphatic heterocycles. The van der Waals surface area contributed by atoms with Gasteiger partial charge >= 0.3 is 0 Å². The van der Waals surface area contributed by atoms with Gasteiger partial charge in [0.25, 0.3) is 0 Å². The van der Waals surface area contributed by atoms with Crippen molar-refractivity contribution < 1.29 is 53.9 Å². The molecule has 0 atom stereocenters. The maximum Gasteiger partial charge on any atom is 0.246 e. The molecule has 79 heavy (non-hydrogen) atoms. The minimum atomic E-state index is -3.37. The van der Waals surface area contributed by atoms with E-state index in [1.54, 1.807) is 22.1 Å². The molecule has 10 rings (SSSR count). The van der Waals surface area contributed by atoms with Gasteiger partial charge in [-0.25, -0.2) is 39.7 Å². The molecular formula is C58H62F6N8O6S. The van der Waals surface area contributed by atoms with E-state index in [1.165, 1.54) is 35.3 Å². The summed E-state index contributed by atoms with van der Waals surface area (Å²) in [6.07, 6.45) is 17.9. The third kappa shape index (κ3) is 14.2. The molecule has 418 valence electrons. The number of aromatic amines is 2. The van der Waals surface area contributed by atoms with E-state index in [2.05, 4.69) is 41.7 Å². The Bertz CT molecular complexity index is 3340. The van der Waals surface area contributed by atoms with E-state index in [9.17, 15) is 53.9 Å². The zero-order chi connectivity index (χ0) is 56.0. The number of carbonyl (C=O) groups excluding carboxylic acids is 4. The Morgan fingerprint density at radius 2 is 1.04 bits per heavy atom.